The number of dihydropyridines is 1. The fourth-order valence-electron chi connectivity index (χ4n) is 2.83. The third-order valence-electron chi connectivity index (χ3n) is 4.45. The number of carbonyl (C=O) groups excluding carboxylic acids is 1. The molecule has 0 radical (unpaired) electrons. The van der Waals surface area contributed by atoms with Gasteiger partial charge >= 0.3 is 0 Å². The first-order chi connectivity index (χ1) is 11.1. The highest BCUT2D eigenvalue weighted by Gasteiger charge is 2.28. The Morgan fingerprint density at radius 1 is 1.35 bits per heavy atom. The van der Waals surface area contributed by atoms with Crippen molar-refractivity contribution in [3.63, 3.8) is 0 Å². The van der Waals surface area contributed by atoms with Crippen LogP contribution in [-0.2, 0) is 16.0 Å². The number of allylic oxidation sites excluding steroid dienone is 2. The molecule has 120 valence electrons. The molecule has 1 saturated heterocycles. The maximum atomic E-state index is 12.7. The van der Waals surface area contributed by atoms with Crippen LogP contribution in [0.2, 0.25) is 0 Å². The Hall–Kier alpha value is -2.07. The lowest BCUT2D eigenvalue weighted by molar-refractivity contribution is -0.124. The summed E-state index contributed by atoms with van der Waals surface area (Å²) in [5.74, 6) is 0.436. The molecule has 1 fully saturated rings. The molecule has 0 aliphatic carbocycles. The molecule has 0 spiro atoms. The average Bonchev–Trinajstić information content (AvgIpc) is 2.56. The zero-order chi connectivity index (χ0) is 16.2. The number of rotatable bonds is 3. The lowest BCUT2D eigenvalue weighted by Crippen LogP contribution is -2.32. The topological polar surface area (TPSA) is 51.6 Å². The number of aromatic nitrogens is 1. The summed E-state index contributed by atoms with van der Waals surface area (Å²) in [5, 5.41) is 0. The number of hydrogen-bond donors (Lipinski definition) is 0. The van der Waals surface area contributed by atoms with Gasteiger partial charge in [-0.1, -0.05) is 19.1 Å². The van der Waals surface area contributed by atoms with Gasteiger partial charge in [-0.15, -0.1) is 0 Å². The Bertz CT molecular complexity index is 661. The summed E-state index contributed by atoms with van der Waals surface area (Å²) in [6.07, 6.45) is 8.39. The van der Waals surface area contributed by atoms with E-state index in [9.17, 15) is 4.79 Å². The molecule has 0 bridgehead atoms. The van der Waals surface area contributed by atoms with Gasteiger partial charge in [-0.2, -0.15) is 0 Å². The SMILES string of the molecule is CC1N=C(/C=C2\COCC(Cc3ccccn3)C2=O)C=C[C@H]1C. The smallest absolute Gasteiger partial charge is 0.167 e. The van der Waals surface area contributed by atoms with E-state index in [2.05, 4.69) is 29.9 Å². The van der Waals surface area contributed by atoms with Gasteiger partial charge in [0.05, 0.1) is 30.9 Å². The van der Waals surface area contributed by atoms with E-state index in [0.29, 0.717) is 31.1 Å². The first kappa shape index (κ1) is 15.8. The number of hydrogen-bond acceptors (Lipinski definition) is 4. The van der Waals surface area contributed by atoms with Crippen LogP contribution >= 0.6 is 0 Å². The van der Waals surface area contributed by atoms with E-state index >= 15 is 0 Å². The van der Waals surface area contributed by atoms with Crippen molar-refractivity contribution >= 4 is 11.5 Å². The molecule has 3 atom stereocenters. The van der Waals surface area contributed by atoms with Crippen molar-refractivity contribution < 1.29 is 9.53 Å². The predicted octanol–water partition coefficient (Wildman–Crippen LogP) is 2.80. The molecule has 0 N–H and O–H groups in total. The number of ketones is 1. The summed E-state index contributed by atoms with van der Waals surface area (Å²) >= 11 is 0. The quantitative estimate of drug-likeness (QED) is 0.807. The molecule has 2 aliphatic rings. The van der Waals surface area contributed by atoms with Gasteiger partial charge in [-0.3, -0.25) is 14.8 Å². The molecule has 1 aromatic heterocycles. The Kier molecular flexibility index (Phi) is 4.82. The zero-order valence-corrected chi connectivity index (χ0v) is 13.6. The Morgan fingerprint density at radius 3 is 2.96 bits per heavy atom. The molecular weight excluding hydrogens is 288 g/mol. The van der Waals surface area contributed by atoms with E-state index in [-0.39, 0.29) is 17.7 Å². The van der Waals surface area contributed by atoms with Crippen LogP contribution in [0.25, 0.3) is 0 Å². The highest BCUT2D eigenvalue weighted by Crippen LogP contribution is 2.20. The molecule has 1 aromatic rings. The van der Waals surface area contributed by atoms with Crippen molar-refractivity contribution in [3.05, 3.63) is 53.9 Å². The lowest BCUT2D eigenvalue weighted by Gasteiger charge is -2.24. The summed E-state index contributed by atoms with van der Waals surface area (Å²) < 4.78 is 5.63. The number of nitrogens with zero attached hydrogens (tertiary/aromatic N) is 2. The molecule has 2 unspecified atom stereocenters. The number of ether oxygens (including phenoxy) is 1. The minimum absolute atomic E-state index is 0.157. The summed E-state index contributed by atoms with van der Waals surface area (Å²) in [4.78, 5) is 21.6. The maximum absolute atomic E-state index is 12.7. The molecule has 3 heterocycles. The second-order valence-electron chi connectivity index (χ2n) is 6.28. The molecule has 3 rings (SSSR count). The third kappa shape index (κ3) is 3.82. The molecule has 23 heavy (non-hydrogen) atoms. The van der Waals surface area contributed by atoms with Crippen molar-refractivity contribution in [3.8, 4) is 0 Å². The van der Waals surface area contributed by atoms with E-state index in [1.807, 2.05) is 30.4 Å². The number of aliphatic imine (C=N–C) groups is 1. The molecule has 2 aliphatic heterocycles. The lowest BCUT2D eigenvalue weighted by atomic mass is 9.90. The minimum atomic E-state index is -0.158. The maximum Gasteiger partial charge on any atom is 0.167 e. The highest BCUT2D eigenvalue weighted by molar-refractivity contribution is 6.11. The second-order valence-corrected chi connectivity index (χ2v) is 6.28. The normalized spacial score (nSPS) is 29.7. The summed E-state index contributed by atoms with van der Waals surface area (Å²) in [5.41, 5.74) is 2.50. The second kappa shape index (κ2) is 7.01. The first-order valence-corrected chi connectivity index (χ1v) is 8.12. The van der Waals surface area contributed by atoms with Crippen LogP contribution in [0.5, 0.6) is 0 Å². The van der Waals surface area contributed by atoms with Crippen LogP contribution < -0.4 is 0 Å². The number of pyridine rings is 1. The molecular formula is C19H22N2O2. The third-order valence-corrected chi connectivity index (χ3v) is 4.45. The van der Waals surface area contributed by atoms with Crippen LogP contribution in [0, 0.1) is 11.8 Å². The van der Waals surface area contributed by atoms with E-state index in [1.165, 1.54) is 0 Å². The van der Waals surface area contributed by atoms with Gasteiger partial charge in [0, 0.05) is 23.9 Å². The van der Waals surface area contributed by atoms with E-state index in [1.54, 1.807) is 6.20 Å². The summed E-state index contributed by atoms with van der Waals surface area (Å²) in [6, 6.07) is 6.01. The molecule has 0 saturated carbocycles. The minimum Gasteiger partial charge on any atom is -0.376 e. The van der Waals surface area contributed by atoms with Gasteiger partial charge in [0.1, 0.15) is 0 Å². The van der Waals surface area contributed by atoms with Crippen molar-refractivity contribution in [2.75, 3.05) is 13.2 Å². The fourth-order valence-corrected chi connectivity index (χ4v) is 2.83. The summed E-state index contributed by atoms with van der Waals surface area (Å²) in [6.45, 7) is 5.07. The van der Waals surface area contributed by atoms with Crippen LogP contribution in [0.15, 0.2) is 53.2 Å². The van der Waals surface area contributed by atoms with Crippen molar-refractivity contribution in [2.24, 2.45) is 16.8 Å². The number of Topliss-reactive ketones (excluding diaryl/α,β-unsaturated/α-hetero) is 1. The van der Waals surface area contributed by atoms with Crippen molar-refractivity contribution in [2.45, 2.75) is 26.3 Å². The molecule has 0 amide bonds. The Labute approximate surface area is 137 Å². The molecule has 0 aromatic carbocycles. The summed E-state index contributed by atoms with van der Waals surface area (Å²) in [7, 11) is 0. The van der Waals surface area contributed by atoms with Crippen molar-refractivity contribution in [1.29, 1.82) is 0 Å². The van der Waals surface area contributed by atoms with Gasteiger partial charge in [0.25, 0.3) is 0 Å². The van der Waals surface area contributed by atoms with Gasteiger partial charge in [-0.25, -0.2) is 0 Å². The van der Waals surface area contributed by atoms with Gasteiger partial charge < -0.3 is 4.74 Å². The fraction of sp³-hybridized carbons (Fsp3) is 0.421. The predicted molar refractivity (Wildman–Crippen MR) is 90.5 cm³/mol. The zero-order valence-electron chi connectivity index (χ0n) is 13.6. The standard InChI is InChI=1S/C19H22N2O2/c1-13-6-7-18(21-14(13)2)10-16-12-23-11-15(19(16)22)9-17-5-3-4-8-20-17/h3-8,10,13-15H,9,11-12H2,1-2H3/b16-10+/t13-,14?,15?/m1/s1. The van der Waals surface area contributed by atoms with Gasteiger partial charge in [0.2, 0.25) is 0 Å². The first-order valence-electron chi connectivity index (χ1n) is 8.12. The Balaban J connectivity index is 1.74. The van der Waals surface area contributed by atoms with Crippen LogP contribution in [0.1, 0.15) is 19.5 Å². The van der Waals surface area contributed by atoms with E-state index < -0.39 is 0 Å². The Morgan fingerprint density at radius 2 is 2.22 bits per heavy atom. The van der Waals surface area contributed by atoms with Crippen LogP contribution in [0.4, 0.5) is 0 Å². The molecule has 4 heteroatoms. The van der Waals surface area contributed by atoms with Gasteiger partial charge in [-0.05, 0) is 37.1 Å². The van der Waals surface area contributed by atoms with Gasteiger partial charge in [0.15, 0.2) is 5.78 Å². The van der Waals surface area contributed by atoms with Crippen LogP contribution in [0.3, 0.4) is 0 Å². The average molecular weight is 310 g/mol. The number of carbonyl (C=O) groups is 1. The highest BCUT2D eigenvalue weighted by atomic mass is 16.5. The van der Waals surface area contributed by atoms with E-state index in [0.717, 1.165) is 11.4 Å². The molecule has 4 nitrogen and oxygen atoms in total. The van der Waals surface area contributed by atoms with Crippen molar-refractivity contribution in [1.82, 2.24) is 4.98 Å². The van der Waals surface area contributed by atoms with E-state index in [4.69, 9.17) is 4.74 Å². The monoisotopic (exact) mass is 310 g/mol. The van der Waals surface area contributed by atoms with Crippen LogP contribution in [-0.4, -0.2) is 35.7 Å². The largest absolute Gasteiger partial charge is 0.376 e.